The summed E-state index contributed by atoms with van der Waals surface area (Å²) in [5.74, 6) is 0.927. The minimum atomic E-state index is 0.835. The van der Waals surface area contributed by atoms with Gasteiger partial charge in [-0.1, -0.05) is 36.4 Å². The van der Waals surface area contributed by atoms with Gasteiger partial charge in [0.25, 0.3) is 0 Å². The number of fused-ring (bicyclic) bond motifs is 1. The molecule has 2 nitrogen and oxygen atoms in total. The molecule has 0 N–H and O–H groups in total. The topological polar surface area (TPSA) is 22.1 Å². The fraction of sp³-hybridized carbons (Fsp3) is 0.118. The van der Waals surface area contributed by atoms with Gasteiger partial charge >= 0.3 is 0 Å². The lowest BCUT2D eigenvalue weighted by Gasteiger charge is -2.08. The molecule has 0 bridgehead atoms. The van der Waals surface area contributed by atoms with Crippen LogP contribution in [0.2, 0.25) is 0 Å². The average molecular weight is 249 g/mol. The minimum absolute atomic E-state index is 0.835. The highest BCUT2D eigenvalue weighted by Gasteiger charge is 2.04. The van der Waals surface area contributed by atoms with Crippen LogP contribution in [0.5, 0.6) is 5.75 Å². The lowest BCUT2D eigenvalue weighted by molar-refractivity contribution is 0.410. The maximum atomic E-state index is 5.38. The van der Waals surface area contributed by atoms with Crippen LogP contribution in [0, 0.1) is 0 Å². The zero-order chi connectivity index (χ0) is 13.1. The van der Waals surface area contributed by atoms with Gasteiger partial charge in [0.2, 0.25) is 0 Å². The first-order valence-corrected chi connectivity index (χ1v) is 6.32. The number of hydrogen-bond acceptors (Lipinski definition) is 2. The lowest BCUT2D eigenvalue weighted by atomic mass is 10.0. The molecular formula is C17H15NO. The van der Waals surface area contributed by atoms with E-state index in [1.807, 2.05) is 42.6 Å². The van der Waals surface area contributed by atoms with Gasteiger partial charge in [-0.05, 0) is 29.3 Å². The quantitative estimate of drug-likeness (QED) is 0.703. The predicted octanol–water partition coefficient (Wildman–Crippen LogP) is 3.83. The first-order chi connectivity index (χ1) is 9.36. The Hall–Kier alpha value is -2.35. The Kier molecular flexibility index (Phi) is 3.15. The fourth-order valence-corrected chi connectivity index (χ4v) is 2.28. The van der Waals surface area contributed by atoms with Crippen LogP contribution >= 0.6 is 0 Å². The van der Waals surface area contributed by atoms with Gasteiger partial charge in [0.1, 0.15) is 5.75 Å². The summed E-state index contributed by atoms with van der Waals surface area (Å²) in [5, 5.41) is 1.18. The monoisotopic (exact) mass is 249 g/mol. The van der Waals surface area contributed by atoms with Crippen LogP contribution in [-0.4, -0.2) is 12.1 Å². The van der Waals surface area contributed by atoms with Crippen LogP contribution in [0.15, 0.2) is 60.8 Å². The molecule has 0 aliphatic rings. The first-order valence-electron chi connectivity index (χ1n) is 6.32. The Balaban J connectivity index is 1.96. The molecule has 2 aromatic carbocycles. The van der Waals surface area contributed by atoms with Crippen molar-refractivity contribution in [2.24, 2.45) is 0 Å². The Morgan fingerprint density at radius 3 is 2.68 bits per heavy atom. The van der Waals surface area contributed by atoms with E-state index in [9.17, 15) is 0 Å². The summed E-state index contributed by atoms with van der Waals surface area (Å²) < 4.78 is 5.38. The molecule has 94 valence electrons. The van der Waals surface area contributed by atoms with Crippen molar-refractivity contribution < 1.29 is 4.74 Å². The SMILES string of the molecule is COc1ccccc1Cc1cnc2ccccc2c1. The number of hydrogen-bond donors (Lipinski definition) is 0. The highest BCUT2D eigenvalue weighted by atomic mass is 16.5. The van der Waals surface area contributed by atoms with Gasteiger partial charge in [-0.3, -0.25) is 4.98 Å². The number of methoxy groups -OCH3 is 1. The number of benzene rings is 2. The van der Waals surface area contributed by atoms with E-state index >= 15 is 0 Å². The molecule has 0 aliphatic carbocycles. The third kappa shape index (κ3) is 2.43. The molecule has 0 unspecified atom stereocenters. The molecule has 1 aromatic heterocycles. The second kappa shape index (κ2) is 5.11. The Labute approximate surface area is 112 Å². The van der Waals surface area contributed by atoms with E-state index in [1.165, 1.54) is 16.5 Å². The van der Waals surface area contributed by atoms with Gasteiger partial charge in [-0.2, -0.15) is 0 Å². The largest absolute Gasteiger partial charge is 0.496 e. The zero-order valence-corrected chi connectivity index (χ0v) is 10.8. The molecule has 1 heterocycles. The highest BCUT2D eigenvalue weighted by Crippen LogP contribution is 2.22. The van der Waals surface area contributed by atoms with Crippen molar-refractivity contribution in [3.8, 4) is 5.75 Å². The molecule has 0 radical (unpaired) electrons. The van der Waals surface area contributed by atoms with Crippen molar-refractivity contribution in [2.45, 2.75) is 6.42 Å². The summed E-state index contributed by atoms with van der Waals surface area (Å²) >= 11 is 0. The average Bonchev–Trinajstić information content (AvgIpc) is 2.48. The number of para-hydroxylation sites is 2. The standard InChI is InChI=1S/C17H15NO/c1-19-17-9-5-3-7-15(17)11-13-10-14-6-2-4-8-16(14)18-12-13/h2-10,12H,11H2,1H3. The molecule has 0 spiro atoms. The number of nitrogens with zero attached hydrogens (tertiary/aromatic N) is 1. The summed E-state index contributed by atoms with van der Waals surface area (Å²) in [4.78, 5) is 4.49. The Morgan fingerprint density at radius 2 is 1.79 bits per heavy atom. The van der Waals surface area contributed by atoms with Crippen LogP contribution in [0.3, 0.4) is 0 Å². The van der Waals surface area contributed by atoms with E-state index in [4.69, 9.17) is 4.74 Å². The Bertz CT molecular complexity index is 706. The van der Waals surface area contributed by atoms with E-state index in [-0.39, 0.29) is 0 Å². The van der Waals surface area contributed by atoms with Gasteiger partial charge in [0.15, 0.2) is 0 Å². The third-order valence-electron chi connectivity index (χ3n) is 3.23. The maximum Gasteiger partial charge on any atom is 0.122 e. The summed E-state index contributed by atoms with van der Waals surface area (Å²) in [6.45, 7) is 0. The molecule has 0 atom stereocenters. The Morgan fingerprint density at radius 1 is 1.00 bits per heavy atom. The maximum absolute atomic E-state index is 5.38. The van der Waals surface area contributed by atoms with E-state index < -0.39 is 0 Å². The predicted molar refractivity (Wildman–Crippen MR) is 77.5 cm³/mol. The normalized spacial score (nSPS) is 10.6. The molecular weight excluding hydrogens is 234 g/mol. The van der Waals surface area contributed by atoms with Crippen LogP contribution in [0.1, 0.15) is 11.1 Å². The molecule has 0 fully saturated rings. The van der Waals surface area contributed by atoms with Crippen LogP contribution in [-0.2, 0) is 6.42 Å². The minimum Gasteiger partial charge on any atom is -0.496 e. The number of pyridine rings is 1. The summed E-state index contributed by atoms with van der Waals surface area (Å²) in [5.41, 5.74) is 3.41. The summed E-state index contributed by atoms with van der Waals surface area (Å²) in [6.07, 6.45) is 2.77. The number of ether oxygens (including phenoxy) is 1. The van der Waals surface area contributed by atoms with E-state index in [2.05, 4.69) is 23.2 Å². The number of rotatable bonds is 3. The van der Waals surface area contributed by atoms with Crippen molar-refractivity contribution >= 4 is 10.9 Å². The van der Waals surface area contributed by atoms with Crippen LogP contribution < -0.4 is 4.74 Å². The second-order valence-electron chi connectivity index (χ2n) is 4.52. The molecule has 0 saturated carbocycles. The van der Waals surface area contributed by atoms with Gasteiger partial charge in [-0.15, -0.1) is 0 Å². The first kappa shape index (κ1) is 11.7. The van der Waals surface area contributed by atoms with Crippen molar-refractivity contribution in [1.82, 2.24) is 4.98 Å². The van der Waals surface area contributed by atoms with Gasteiger partial charge in [-0.25, -0.2) is 0 Å². The molecule has 0 saturated heterocycles. The second-order valence-corrected chi connectivity index (χ2v) is 4.52. The zero-order valence-electron chi connectivity index (χ0n) is 10.8. The van der Waals surface area contributed by atoms with E-state index in [0.29, 0.717) is 0 Å². The lowest BCUT2D eigenvalue weighted by Crippen LogP contribution is -1.94. The number of aromatic nitrogens is 1. The molecule has 3 rings (SSSR count). The molecule has 19 heavy (non-hydrogen) atoms. The van der Waals surface area contributed by atoms with Gasteiger partial charge in [0.05, 0.1) is 12.6 Å². The van der Waals surface area contributed by atoms with Crippen molar-refractivity contribution in [2.75, 3.05) is 7.11 Å². The fourth-order valence-electron chi connectivity index (χ4n) is 2.28. The molecule has 0 amide bonds. The summed E-state index contributed by atoms with van der Waals surface area (Å²) in [6, 6.07) is 18.5. The summed E-state index contributed by atoms with van der Waals surface area (Å²) in [7, 11) is 1.71. The van der Waals surface area contributed by atoms with Crippen molar-refractivity contribution in [1.29, 1.82) is 0 Å². The smallest absolute Gasteiger partial charge is 0.122 e. The third-order valence-corrected chi connectivity index (χ3v) is 3.23. The van der Waals surface area contributed by atoms with Gasteiger partial charge < -0.3 is 4.74 Å². The highest BCUT2D eigenvalue weighted by molar-refractivity contribution is 5.78. The van der Waals surface area contributed by atoms with Gasteiger partial charge in [0, 0.05) is 18.0 Å². The van der Waals surface area contributed by atoms with Crippen LogP contribution in [0.25, 0.3) is 10.9 Å². The van der Waals surface area contributed by atoms with E-state index in [0.717, 1.165) is 17.7 Å². The molecule has 3 aromatic rings. The van der Waals surface area contributed by atoms with Crippen LogP contribution in [0.4, 0.5) is 0 Å². The van der Waals surface area contributed by atoms with E-state index in [1.54, 1.807) is 7.11 Å². The molecule has 2 heteroatoms. The molecule has 0 aliphatic heterocycles. The van der Waals surface area contributed by atoms with Crippen molar-refractivity contribution in [3.05, 3.63) is 71.9 Å². The van der Waals surface area contributed by atoms with Crippen molar-refractivity contribution in [3.63, 3.8) is 0 Å².